The Hall–Kier alpha value is -1.69. The van der Waals surface area contributed by atoms with E-state index in [4.69, 9.17) is 11.1 Å². The van der Waals surface area contributed by atoms with Gasteiger partial charge >= 0.3 is 0 Å². The minimum atomic E-state index is -0.0557. The highest BCUT2D eigenvalue weighted by Crippen LogP contribution is 2.11. The minimum Gasteiger partial charge on any atom is -0.382 e. The highest BCUT2D eigenvalue weighted by atomic mass is 15.2. The van der Waals surface area contributed by atoms with Gasteiger partial charge in [-0.1, -0.05) is 0 Å². The maximum absolute atomic E-state index is 7.42. The molecule has 0 aliphatic heterocycles. The van der Waals surface area contributed by atoms with Crippen molar-refractivity contribution < 1.29 is 0 Å². The van der Waals surface area contributed by atoms with Crippen LogP contribution in [-0.4, -0.2) is 54.9 Å². The number of nitrogens with zero attached hydrogens (tertiary/aromatic N) is 4. The van der Waals surface area contributed by atoms with Crippen LogP contribution in [0.1, 0.15) is 5.69 Å². The molecule has 6 nitrogen and oxygen atoms in total. The Balaban J connectivity index is 2.82. The second kappa shape index (κ2) is 5.41. The molecule has 1 aromatic heterocycles. The van der Waals surface area contributed by atoms with Crippen LogP contribution in [0.5, 0.6) is 0 Å². The quantitative estimate of drug-likeness (QED) is 0.530. The summed E-state index contributed by atoms with van der Waals surface area (Å²) in [4.78, 5) is 12.3. The molecule has 88 valence electrons. The molecule has 0 aromatic carbocycles. The van der Waals surface area contributed by atoms with Crippen molar-refractivity contribution in [2.24, 2.45) is 5.73 Å². The molecule has 0 spiro atoms. The van der Waals surface area contributed by atoms with Crippen molar-refractivity contribution in [2.75, 3.05) is 39.1 Å². The minimum absolute atomic E-state index is 0.0557. The first kappa shape index (κ1) is 12.4. The van der Waals surface area contributed by atoms with Gasteiger partial charge in [-0.05, 0) is 14.1 Å². The van der Waals surface area contributed by atoms with Crippen molar-refractivity contribution in [1.82, 2.24) is 14.9 Å². The molecule has 16 heavy (non-hydrogen) atoms. The summed E-state index contributed by atoms with van der Waals surface area (Å²) in [7, 11) is 5.94. The van der Waals surface area contributed by atoms with Crippen molar-refractivity contribution in [2.45, 2.75) is 0 Å². The number of anilines is 1. The molecule has 1 heterocycles. The van der Waals surface area contributed by atoms with Crippen LogP contribution in [0, 0.1) is 5.41 Å². The fraction of sp³-hybridized carbons (Fsp3) is 0.500. The maximum atomic E-state index is 7.42. The van der Waals surface area contributed by atoms with E-state index in [1.165, 1.54) is 0 Å². The van der Waals surface area contributed by atoms with Crippen LogP contribution in [0.3, 0.4) is 0 Å². The standard InChI is InChI=1S/C10H18N6/c1-15(2)6-7-16(3)10-8(9(11)12)13-4-5-14-10/h4-5H,6-7H2,1-3H3,(H3,11,12). The van der Waals surface area contributed by atoms with E-state index in [-0.39, 0.29) is 5.84 Å². The smallest absolute Gasteiger partial charge is 0.158 e. The van der Waals surface area contributed by atoms with E-state index >= 15 is 0 Å². The topological polar surface area (TPSA) is 82.1 Å². The van der Waals surface area contributed by atoms with E-state index < -0.39 is 0 Å². The molecule has 0 aliphatic carbocycles. The van der Waals surface area contributed by atoms with E-state index in [0.717, 1.165) is 13.1 Å². The summed E-state index contributed by atoms with van der Waals surface area (Å²) >= 11 is 0. The molecule has 0 amide bonds. The Labute approximate surface area is 95.6 Å². The lowest BCUT2D eigenvalue weighted by Crippen LogP contribution is -2.31. The Kier molecular flexibility index (Phi) is 4.19. The average Bonchev–Trinajstić information content (AvgIpc) is 2.25. The van der Waals surface area contributed by atoms with E-state index in [0.29, 0.717) is 11.5 Å². The largest absolute Gasteiger partial charge is 0.382 e. The molecule has 0 saturated carbocycles. The zero-order chi connectivity index (χ0) is 12.1. The fourth-order valence-electron chi connectivity index (χ4n) is 1.26. The summed E-state index contributed by atoms with van der Waals surface area (Å²) in [5.74, 6) is 0.594. The molecule has 3 N–H and O–H groups in total. The molecule has 0 unspecified atom stereocenters. The number of nitrogens with two attached hydrogens (primary N) is 1. The Bertz CT molecular complexity index is 362. The maximum Gasteiger partial charge on any atom is 0.158 e. The van der Waals surface area contributed by atoms with Gasteiger partial charge < -0.3 is 15.5 Å². The molecule has 0 atom stereocenters. The number of hydrogen-bond acceptors (Lipinski definition) is 5. The van der Waals surface area contributed by atoms with Gasteiger partial charge in [0.15, 0.2) is 5.82 Å². The van der Waals surface area contributed by atoms with Gasteiger partial charge in [0.1, 0.15) is 11.5 Å². The molecular formula is C10H18N6. The predicted octanol–water partition coefficient (Wildman–Crippen LogP) is -0.242. The lowest BCUT2D eigenvalue weighted by molar-refractivity contribution is 0.416. The summed E-state index contributed by atoms with van der Waals surface area (Å²) in [6, 6.07) is 0. The SMILES string of the molecule is CN(C)CCN(C)c1nccnc1C(=N)N. The second-order valence-electron chi connectivity index (χ2n) is 3.87. The van der Waals surface area contributed by atoms with Gasteiger partial charge in [0.2, 0.25) is 0 Å². The van der Waals surface area contributed by atoms with Crippen LogP contribution < -0.4 is 10.6 Å². The number of nitrogens with one attached hydrogen (secondary N) is 1. The fourth-order valence-corrected chi connectivity index (χ4v) is 1.26. The molecule has 0 fully saturated rings. The van der Waals surface area contributed by atoms with E-state index in [9.17, 15) is 0 Å². The lowest BCUT2D eigenvalue weighted by Gasteiger charge is -2.21. The van der Waals surface area contributed by atoms with Crippen LogP contribution in [0.15, 0.2) is 12.4 Å². The third-order valence-electron chi connectivity index (χ3n) is 2.18. The van der Waals surface area contributed by atoms with Gasteiger partial charge in [0.05, 0.1) is 0 Å². The summed E-state index contributed by atoms with van der Waals surface area (Å²) in [6.07, 6.45) is 3.15. The van der Waals surface area contributed by atoms with Gasteiger partial charge in [-0.2, -0.15) is 0 Å². The van der Waals surface area contributed by atoms with Crippen molar-refractivity contribution in [3.05, 3.63) is 18.1 Å². The number of nitrogen functional groups attached to an aromatic ring is 1. The van der Waals surface area contributed by atoms with Gasteiger partial charge in [-0.25, -0.2) is 9.97 Å². The van der Waals surface area contributed by atoms with Crippen LogP contribution in [0.2, 0.25) is 0 Å². The molecule has 1 aromatic rings. The second-order valence-corrected chi connectivity index (χ2v) is 3.87. The van der Waals surface area contributed by atoms with E-state index in [2.05, 4.69) is 14.9 Å². The number of aromatic nitrogens is 2. The van der Waals surface area contributed by atoms with Crippen LogP contribution in [-0.2, 0) is 0 Å². The van der Waals surface area contributed by atoms with Crippen molar-refractivity contribution in [3.63, 3.8) is 0 Å². The first-order chi connectivity index (χ1) is 7.52. The predicted molar refractivity (Wildman–Crippen MR) is 64.9 cm³/mol. The average molecular weight is 222 g/mol. The molecule has 6 heteroatoms. The lowest BCUT2D eigenvalue weighted by atomic mass is 10.3. The monoisotopic (exact) mass is 222 g/mol. The summed E-state index contributed by atoms with van der Waals surface area (Å²) in [5.41, 5.74) is 5.89. The summed E-state index contributed by atoms with van der Waals surface area (Å²) in [5, 5.41) is 7.42. The molecular weight excluding hydrogens is 204 g/mol. The molecule has 0 saturated heterocycles. The normalized spacial score (nSPS) is 10.5. The molecule has 0 aliphatic rings. The highest BCUT2D eigenvalue weighted by Gasteiger charge is 2.12. The van der Waals surface area contributed by atoms with Crippen LogP contribution in [0.25, 0.3) is 0 Å². The van der Waals surface area contributed by atoms with Crippen molar-refractivity contribution in [3.8, 4) is 0 Å². The summed E-state index contributed by atoms with van der Waals surface area (Å²) < 4.78 is 0. The Morgan fingerprint density at radius 3 is 2.44 bits per heavy atom. The number of hydrogen-bond donors (Lipinski definition) is 2. The van der Waals surface area contributed by atoms with Crippen molar-refractivity contribution in [1.29, 1.82) is 5.41 Å². The van der Waals surface area contributed by atoms with E-state index in [1.54, 1.807) is 12.4 Å². The van der Waals surface area contributed by atoms with Gasteiger partial charge in [-0.3, -0.25) is 5.41 Å². The first-order valence-corrected chi connectivity index (χ1v) is 5.03. The third-order valence-corrected chi connectivity index (χ3v) is 2.18. The van der Waals surface area contributed by atoms with Gasteiger partial charge in [0, 0.05) is 32.5 Å². The third kappa shape index (κ3) is 3.16. The van der Waals surface area contributed by atoms with Crippen LogP contribution in [0.4, 0.5) is 5.82 Å². The zero-order valence-corrected chi connectivity index (χ0v) is 9.94. The zero-order valence-electron chi connectivity index (χ0n) is 9.94. The molecule has 0 bridgehead atoms. The Morgan fingerprint density at radius 2 is 1.88 bits per heavy atom. The van der Waals surface area contributed by atoms with E-state index in [1.807, 2.05) is 26.0 Å². The number of likely N-dealkylation sites (N-methyl/N-ethyl adjacent to an activating group) is 2. The Morgan fingerprint density at radius 1 is 1.25 bits per heavy atom. The van der Waals surface area contributed by atoms with Gasteiger partial charge in [0.25, 0.3) is 0 Å². The van der Waals surface area contributed by atoms with Crippen LogP contribution >= 0.6 is 0 Å². The summed E-state index contributed by atoms with van der Waals surface area (Å²) in [6.45, 7) is 1.72. The number of rotatable bonds is 5. The van der Waals surface area contributed by atoms with Gasteiger partial charge in [-0.15, -0.1) is 0 Å². The first-order valence-electron chi connectivity index (χ1n) is 5.03. The number of amidine groups is 1. The highest BCUT2D eigenvalue weighted by molar-refractivity contribution is 5.97. The molecule has 1 rings (SSSR count). The molecule has 0 radical (unpaired) electrons. The van der Waals surface area contributed by atoms with Crippen molar-refractivity contribution >= 4 is 11.7 Å².